The minimum absolute atomic E-state index is 0.239. The topological polar surface area (TPSA) is 112 Å². The molecule has 0 radical (unpaired) electrons. The lowest BCUT2D eigenvalue weighted by molar-refractivity contribution is 0.0958. The number of aromatic nitrogens is 5. The molecule has 0 aromatic carbocycles. The number of amides is 1. The molecule has 4 N–H and O–H groups in total. The summed E-state index contributed by atoms with van der Waals surface area (Å²) in [7, 11) is 1.58. The number of anilines is 1. The maximum absolute atomic E-state index is 11.9. The van der Waals surface area contributed by atoms with E-state index in [1.54, 1.807) is 19.3 Å². The van der Waals surface area contributed by atoms with E-state index in [1.807, 2.05) is 22.9 Å². The van der Waals surface area contributed by atoms with Crippen LogP contribution >= 0.6 is 11.6 Å². The number of imidazole rings is 1. The minimum Gasteiger partial charge on any atom is -0.363 e. The van der Waals surface area contributed by atoms with E-state index in [2.05, 4.69) is 30.9 Å². The van der Waals surface area contributed by atoms with Gasteiger partial charge in [0.1, 0.15) is 22.2 Å². The van der Waals surface area contributed by atoms with E-state index < -0.39 is 0 Å². The van der Waals surface area contributed by atoms with Crippen molar-refractivity contribution < 1.29 is 4.79 Å². The van der Waals surface area contributed by atoms with Crippen LogP contribution < -0.4 is 16.0 Å². The Labute approximate surface area is 177 Å². The van der Waals surface area contributed by atoms with Gasteiger partial charge >= 0.3 is 0 Å². The Morgan fingerprint density at radius 3 is 3.03 bits per heavy atom. The molecule has 154 valence electrons. The number of pyridine rings is 1. The number of nitrogens with one attached hydrogen (secondary N) is 4. The van der Waals surface area contributed by atoms with Crippen LogP contribution in [0.5, 0.6) is 0 Å². The van der Waals surface area contributed by atoms with Gasteiger partial charge < -0.3 is 20.9 Å². The minimum atomic E-state index is -0.239. The summed E-state index contributed by atoms with van der Waals surface area (Å²) in [4.78, 5) is 28.7. The largest absolute Gasteiger partial charge is 0.363 e. The number of hydrogen-bond donors (Lipinski definition) is 4. The van der Waals surface area contributed by atoms with E-state index in [1.165, 1.54) is 0 Å². The summed E-state index contributed by atoms with van der Waals surface area (Å²) >= 11 is 6.72. The zero-order valence-electron chi connectivity index (χ0n) is 16.4. The predicted octanol–water partition coefficient (Wildman–Crippen LogP) is 2.45. The highest BCUT2D eigenvalue weighted by Gasteiger charge is 2.21. The number of H-pyrrole nitrogens is 1. The van der Waals surface area contributed by atoms with Crippen molar-refractivity contribution in [3.05, 3.63) is 41.6 Å². The van der Waals surface area contributed by atoms with Crippen molar-refractivity contribution in [1.82, 2.24) is 35.0 Å². The molecule has 1 atom stereocenters. The number of carbonyl (C=O) groups excluding carboxylic acids is 1. The lowest BCUT2D eigenvalue weighted by Gasteiger charge is -2.24. The molecule has 4 aromatic heterocycles. The first kappa shape index (κ1) is 18.8. The average Bonchev–Trinajstić information content (AvgIpc) is 3.43. The van der Waals surface area contributed by atoms with E-state index in [-0.39, 0.29) is 11.9 Å². The van der Waals surface area contributed by atoms with Crippen LogP contribution in [-0.4, -0.2) is 56.4 Å². The smallest absolute Gasteiger partial charge is 0.269 e. The summed E-state index contributed by atoms with van der Waals surface area (Å²) in [6.45, 7) is 1.92. The van der Waals surface area contributed by atoms with Crippen LogP contribution in [0.15, 0.2) is 30.7 Å². The van der Waals surface area contributed by atoms with Gasteiger partial charge in [0, 0.05) is 49.2 Å². The van der Waals surface area contributed by atoms with E-state index in [9.17, 15) is 4.79 Å². The standard InChI is InChI=1S/C20H21ClN8O/c1-22-20(30)14-5-4-12-13(10-25-17(12)27-14)15-16(21)29-8-7-24-19(29)18(28-15)26-11-3-2-6-23-9-11/h4-5,7-8,10-11,23H,2-3,6,9H2,1H3,(H,22,30)(H,25,27)(H,26,28). The van der Waals surface area contributed by atoms with Crippen LogP contribution in [0.4, 0.5) is 5.82 Å². The van der Waals surface area contributed by atoms with E-state index in [0.717, 1.165) is 36.9 Å². The summed E-state index contributed by atoms with van der Waals surface area (Å²) in [6.07, 6.45) is 7.53. The predicted molar refractivity (Wildman–Crippen MR) is 116 cm³/mol. The Bertz CT molecular complexity index is 1240. The highest BCUT2D eigenvalue weighted by molar-refractivity contribution is 6.32. The lowest BCUT2D eigenvalue weighted by Crippen LogP contribution is -2.38. The molecular weight excluding hydrogens is 404 g/mol. The fourth-order valence-electron chi connectivity index (χ4n) is 3.85. The van der Waals surface area contributed by atoms with Gasteiger partial charge in [0.05, 0.1) is 0 Å². The number of carbonyl (C=O) groups is 1. The summed E-state index contributed by atoms with van der Waals surface area (Å²) in [6, 6.07) is 3.82. The molecule has 1 aliphatic rings. The van der Waals surface area contributed by atoms with E-state index in [4.69, 9.17) is 16.6 Å². The molecule has 5 heterocycles. The van der Waals surface area contributed by atoms with E-state index >= 15 is 0 Å². The molecule has 1 amide bonds. The number of fused-ring (bicyclic) bond motifs is 2. The van der Waals surface area contributed by atoms with Crippen molar-refractivity contribution in [3.8, 4) is 11.3 Å². The van der Waals surface area contributed by atoms with Gasteiger partial charge in [-0.05, 0) is 31.5 Å². The highest BCUT2D eigenvalue weighted by atomic mass is 35.5. The van der Waals surface area contributed by atoms with Crippen molar-refractivity contribution in [2.45, 2.75) is 18.9 Å². The summed E-state index contributed by atoms with van der Waals surface area (Å²) in [5, 5.41) is 10.8. The van der Waals surface area contributed by atoms with E-state index in [0.29, 0.717) is 33.7 Å². The molecule has 30 heavy (non-hydrogen) atoms. The van der Waals surface area contributed by atoms with Crippen LogP contribution in [0.1, 0.15) is 23.3 Å². The molecule has 0 aliphatic carbocycles. The van der Waals surface area contributed by atoms with Crippen LogP contribution in [0.25, 0.3) is 27.9 Å². The van der Waals surface area contributed by atoms with Gasteiger partial charge in [0.15, 0.2) is 11.5 Å². The van der Waals surface area contributed by atoms with Crippen molar-refractivity contribution >= 4 is 40.0 Å². The number of piperidine rings is 1. The fraction of sp³-hybridized carbons (Fsp3) is 0.300. The molecule has 1 saturated heterocycles. The Morgan fingerprint density at radius 1 is 1.33 bits per heavy atom. The van der Waals surface area contributed by atoms with Gasteiger partial charge in [-0.15, -0.1) is 0 Å². The molecule has 1 fully saturated rings. The molecule has 1 unspecified atom stereocenters. The van der Waals surface area contributed by atoms with Gasteiger partial charge in [0.2, 0.25) is 0 Å². The van der Waals surface area contributed by atoms with Gasteiger partial charge in [-0.25, -0.2) is 15.0 Å². The third-order valence-corrected chi connectivity index (χ3v) is 5.74. The zero-order chi connectivity index (χ0) is 20.7. The summed E-state index contributed by atoms with van der Waals surface area (Å²) < 4.78 is 1.83. The van der Waals surface area contributed by atoms with Crippen molar-refractivity contribution in [1.29, 1.82) is 0 Å². The van der Waals surface area contributed by atoms with Crippen molar-refractivity contribution in [3.63, 3.8) is 0 Å². The first-order chi connectivity index (χ1) is 14.7. The van der Waals surface area contributed by atoms with Crippen LogP contribution in [0.3, 0.4) is 0 Å². The monoisotopic (exact) mass is 424 g/mol. The maximum atomic E-state index is 11.9. The third kappa shape index (κ3) is 3.16. The van der Waals surface area contributed by atoms with Crippen LogP contribution in [0.2, 0.25) is 5.15 Å². The normalized spacial score (nSPS) is 16.8. The molecule has 0 spiro atoms. The molecule has 1 aliphatic heterocycles. The molecule has 10 heteroatoms. The average molecular weight is 425 g/mol. The molecule has 0 saturated carbocycles. The number of rotatable bonds is 4. The van der Waals surface area contributed by atoms with Gasteiger partial charge in [-0.1, -0.05) is 11.6 Å². The van der Waals surface area contributed by atoms with Crippen LogP contribution in [-0.2, 0) is 0 Å². The number of aromatic amines is 1. The van der Waals surface area contributed by atoms with Gasteiger partial charge in [0.25, 0.3) is 5.91 Å². The number of hydrogen-bond acceptors (Lipinski definition) is 6. The maximum Gasteiger partial charge on any atom is 0.269 e. The molecule has 5 rings (SSSR count). The lowest BCUT2D eigenvalue weighted by atomic mass is 10.1. The highest BCUT2D eigenvalue weighted by Crippen LogP contribution is 2.34. The Kier molecular flexibility index (Phi) is 4.76. The quantitative estimate of drug-likeness (QED) is 0.400. The Balaban J connectivity index is 1.61. The Morgan fingerprint density at radius 2 is 2.23 bits per heavy atom. The van der Waals surface area contributed by atoms with Crippen molar-refractivity contribution in [2.24, 2.45) is 0 Å². The molecule has 4 aromatic rings. The summed E-state index contributed by atoms with van der Waals surface area (Å²) in [5.41, 5.74) is 3.06. The number of halogens is 1. The fourth-order valence-corrected chi connectivity index (χ4v) is 4.13. The molecule has 9 nitrogen and oxygen atoms in total. The second kappa shape index (κ2) is 7.58. The molecule has 0 bridgehead atoms. The SMILES string of the molecule is CNC(=O)c1ccc2c(-c3nc(NC4CCCNC4)c4nccn4c3Cl)c[nH]c2n1. The first-order valence-electron chi connectivity index (χ1n) is 9.86. The van der Waals surface area contributed by atoms with Crippen molar-refractivity contribution in [2.75, 3.05) is 25.5 Å². The zero-order valence-corrected chi connectivity index (χ0v) is 17.1. The van der Waals surface area contributed by atoms with Gasteiger partial charge in [-0.3, -0.25) is 9.20 Å². The molecular formula is C20H21ClN8O. The first-order valence-corrected chi connectivity index (χ1v) is 10.2. The summed E-state index contributed by atoms with van der Waals surface area (Å²) in [5.74, 6) is 0.453. The number of nitrogens with zero attached hydrogens (tertiary/aromatic N) is 4. The van der Waals surface area contributed by atoms with Crippen LogP contribution in [0, 0.1) is 0 Å². The second-order valence-corrected chi connectivity index (χ2v) is 7.64. The third-order valence-electron chi connectivity index (χ3n) is 5.37. The Hall–Kier alpha value is -3.17. The second-order valence-electron chi connectivity index (χ2n) is 7.28. The van der Waals surface area contributed by atoms with Gasteiger partial charge in [-0.2, -0.15) is 0 Å².